The molecule has 0 spiro atoms. The molecule has 0 atom stereocenters. The molecule has 0 unspecified atom stereocenters. The molecule has 21 heavy (non-hydrogen) atoms. The Morgan fingerprint density at radius 2 is 2.24 bits per heavy atom. The predicted molar refractivity (Wildman–Crippen MR) is 74.7 cm³/mol. The van der Waals surface area contributed by atoms with Crippen molar-refractivity contribution in [1.82, 2.24) is 15.1 Å². The lowest BCUT2D eigenvalue weighted by Crippen LogP contribution is -2.38. The number of carbonyl (C=O) groups is 2. The van der Waals surface area contributed by atoms with Crippen molar-refractivity contribution in [3.63, 3.8) is 0 Å². The molecule has 0 saturated carbocycles. The fraction of sp³-hybridized carbons (Fsp3) is 0.357. The van der Waals surface area contributed by atoms with Crippen molar-refractivity contribution in [1.29, 1.82) is 0 Å². The average molecular weight is 291 g/mol. The van der Waals surface area contributed by atoms with Gasteiger partial charge >= 0.3 is 5.97 Å². The van der Waals surface area contributed by atoms with E-state index < -0.39 is 11.9 Å². The lowest BCUT2D eigenvalue weighted by molar-refractivity contribution is -0.137. The third kappa shape index (κ3) is 3.71. The summed E-state index contributed by atoms with van der Waals surface area (Å²) >= 11 is 0. The van der Waals surface area contributed by atoms with Gasteiger partial charge in [-0.2, -0.15) is 5.10 Å². The number of carbonyl (C=O) groups excluding carboxylic acids is 1. The fourth-order valence-corrected chi connectivity index (χ4v) is 1.97. The number of aromatic nitrogens is 2. The van der Waals surface area contributed by atoms with Crippen LogP contribution in [-0.4, -0.2) is 45.2 Å². The topological polar surface area (TPSA) is 99.4 Å². The Kier molecular flexibility index (Phi) is 4.42. The van der Waals surface area contributed by atoms with Gasteiger partial charge in [0.2, 0.25) is 0 Å². The van der Waals surface area contributed by atoms with E-state index in [1.165, 1.54) is 11.2 Å². The Balaban J connectivity index is 2.18. The number of furan rings is 1. The van der Waals surface area contributed by atoms with E-state index in [9.17, 15) is 9.59 Å². The summed E-state index contributed by atoms with van der Waals surface area (Å²) in [7, 11) is 0. The van der Waals surface area contributed by atoms with Crippen molar-refractivity contribution >= 4 is 11.9 Å². The van der Waals surface area contributed by atoms with Gasteiger partial charge in [0, 0.05) is 12.6 Å². The molecule has 2 aromatic heterocycles. The van der Waals surface area contributed by atoms with Crippen molar-refractivity contribution in [2.24, 2.45) is 5.92 Å². The van der Waals surface area contributed by atoms with E-state index in [1.54, 1.807) is 18.2 Å². The predicted octanol–water partition coefficient (Wildman–Crippen LogP) is 1.85. The van der Waals surface area contributed by atoms with Crippen LogP contribution >= 0.6 is 0 Å². The second-order valence-electron chi connectivity index (χ2n) is 5.12. The minimum absolute atomic E-state index is 0.164. The maximum Gasteiger partial charge on any atom is 0.323 e. The number of aliphatic carboxylic acids is 1. The Bertz CT molecular complexity index is 616. The molecule has 2 heterocycles. The zero-order valence-electron chi connectivity index (χ0n) is 11.9. The first kappa shape index (κ1) is 14.8. The van der Waals surface area contributed by atoms with Gasteiger partial charge in [-0.1, -0.05) is 13.8 Å². The molecule has 2 rings (SSSR count). The minimum atomic E-state index is -1.05. The first-order valence-corrected chi connectivity index (χ1v) is 6.57. The molecule has 0 bridgehead atoms. The van der Waals surface area contributed by atoms with E-state index in [0.29, 0.717) is 18.0 Å². The quantitative estimate of drug-likeness (QED) is 0.846. The van der Waals surface area contributed by atoms with Crippen LogP contribution in [0.4, 0.5) is 0 Å². The van der Waals surface area contributed by atoms with Gasteiger partial charge < -0.3 is 14.4 Å². The number of hydrogen-bond acceptors (Lipinski definition) is 4. The van der Waals surface area contributed by atoms with Crippen LogP contribution in [0.5, 0.6) is 0 Å². The van der Waals surface area contributed by atoms with Gasteiger partial charge in [0.25, 0.3) is 5.91 Å². The van der Waals surface area contributed by atoms with Gasteiger partial charge in [0.15, 0.2) is 11.5 Å². The van der Waals surface area contributed by atoms with Gasteiger partial charge in [0.05, 0.1) is 6.26 Å². The number of aromatic amines is 1. The average Bonchev–Trinajstić information content (AvgIpc) is 3.06. The maximum atomic E-state index is 12.3. The fourth-order valence-electron chi connectivity index (χ4n) is 1.97. The highest BCUT2D eigenvalue weighted by Gasteiger charge is 2.22. The number of H-pyrrole nitrogens is 1. The molecular formula is C14H17N3O4. The standard InChI is InChI=1S/C14H17N3O4/c1-9(2)7-17(8-13(18)19)14(20)11-6-10(15-16-11)12-4-3-5-21-12/h3-6,9H,7-8H2,1-2H3,(H,15,16)(H,18,19). The largest absolute Gasteiger partial charge is 0.480 e. The van der Waals surface area contributed by atoms with Crippen LogP contribution in [0.2, 0.25) is 0 Å². The molecule has 0 aliphatic carbocycles. The summed E-state index contributed by atoms with van der Waals surface area (Å²) in [5.74, 6) is -0.738. The Labute approximate surface area is 121 Å². The van der Waals surface area contributed by atoms with E-state index in [1.807, 2.05) is 13.8 Å². The molecule has 0 saturated heterocycles. The molecule has 0 fully saturated rings. The maximum absolute atomic E-state index is 12.3. The van der Waals surface area contributed by atoms with Gasteiger partial charge in [-0.25, -0.2) is 0 Å². The summed E-state index contributed by atoms with van der Waals surface area (Å²) in [6, 6.07) is 5.02. The number of nitrogens with one attached hydrogen (secondary N) is 1. The Morgan fingerprint density at radius 3 is 2.81 bits per heavy atom. The number of hydrogen-bond donors (Lipinski definition) is 2. The van der Waals surface area contributed by atoms with Gasteiger partial charge in [-0.15, -0.1) is 0 Å². The van der Waals surface area contributed by atoms with Gasteiger partial charge in [0.1, 0.15) is 12.2 Å². The Hall–Kier alpha value is -2.57. The van der Waals surface area contributed by atoms with Crippen LogP contribution in [0.25, 0.3) is 11.5 Å². The Morgan fingerprint density at radius 1 is 1.48 bits per heavy atom. The zero-order chi connectivity index (χ0) is 15.4. The van der Waals surface area contributed by atoms with Crippen molar-refractivity contribution in [3.05, 3.63) is 30.2 Å². The SMILES string of the molecule is CC(C)CN(CC(=O)O)C(=O)c1cc(-c2ccco2)[nH]n1. The lowest BCUT2D eigenvalue weighted by Gasteiger charge is -2.21. The lowest BCUT2D eigenvalue weighted by atomic mass is 10.2. The van der Waals surface area contributed by atoms with E-state index >= 15 is 0 Å². The monoisotopic (exact) mass is 291 g/mol. The van der Waals surface area contributed by atoms with Crippen LogP contribution in [0.1, 0.15) is 24.3 Å². The highest BCUT2D eigenvalue weighted by atomic mass is 16.4. The van der Waals surface area contributed by atoms with Gasteiger partial charge in [-0.3, -0.25) is 14.7 Å². The molecular weight excluding hydrogens is 274 g/mol. The van der Waals surface area contributed by atoms with Crippen molar-refractivity contribution in [2.75, 3.05) is 13.1 Å². The van der Waals surface area contributed by atoms with E-state index in [-0.39, 0.29) is 18.2 Å². The molecule has 0 aromatic carbocycles. The number of nitrogens with zero attached hydrogens (tertiary/aromatic N) is 2. The third-order valence-electron chi connectivity index (χ3n) is 2.78. The number of amides is 1. The van der Waals surface area contributed by atoms with Crippen LogP contribution < -0.4 is 0 Å². The van der Waals surface area contributed by atoms with Crippen molar-refractivity contribution in [3.8, 4) is 11.5 Å². The highest BCUT2D eigenvalue weighted by molar-refractivity contribution is 5.94. The number of rotatable bonds is 6. The zero-order valence-corrected chi connectivity index (χ0v) is 11.9. The summed E-state index contributed by atoms with van der Waals surface area (Å²) in [5.41, 5.74) is 0.742. The van der Waals surface area contributed by atoms with E-state index in [4.69, 9.17) is 9.52 Å². The molecule has 2 aromatic rings. The van der Waals surface area contributed by atoms with Crippen molar-refractivity contribution < 1.29 is 19.1 Å². The highest BCUT2D eigenvalue weighted by Crippen LogP contribution is 2.18. The van der Waals surface area contributed by atoms with E-state index in [0.717, 1.165) is 0 Å². The summed E-state index contributed by atoms with van der Waals surface area (Å²) in [5, 5.41) is 15.6. The molecule has 7 nitrogen and oxygen atoms in total. The van der Waals surface area contributed by atoms with Crippen LogP contribution in [0.3, 0.4) is 0 Å². The molecule has 1 amide bonds. The minimum Gasteiger partial charge on any atom is -0.480 e. The number of carboxylic acid groups (broad SMARTS) is 1. The summed E-state index contributed by atoms with van der Waals surface area (Å²) in [4.78, 5) is 24.5. The first-order valence-electron chi connectivity index (χ1n) is 6.57. The first-order chi connectivity index (χ1) is 9.97. The van der Waals surface area contributed by atoms with Crippen LogP contribution in [-0.2, 0) is 4.79 Å². The summed E-state index contributed by atoms with van der Waals surface area (Å²) in [6.07, 6.45) is 1.52. The molecule has 7 heteroatoms. The normalized spacial score (nSPS) is 10.8. The van der Waals surface area contributed by atoms with Crippen LogP contribution in [0.15, 0.2) is 28.9 Å². The van der Waals surface area contributed by atoms with Gasteiger partial charge in [-0.05, 0) is 18.1 Å². The smallest absolute Gasteiger partial charge is 0.323 e. The van der Waals surface area contributed by atoms with Crippen LogP contribution in [0, 0.1) is 5.92 Å². The second kappa shape index (κ2) is 6.25. The third-order valence-corrected chi connectivity index (χ3v) is 2.78. The van der Waals surface area contributed by atoms with E-state index in [2.05, 4.69) is 10.2 Å². The summed E-state index contributed by atoms with van der Waals surface area (Å²) in [6.45, 7) is 3.84. The second-order valence-corrected chi connectivity index (χ2v) is 5.12. The molecule has 112 valence electrons. The molecule has 2 N–H and O–H groups in total. The molecule has 0 aliphatic rings. The van der Waals surface area contributed by atoms with Crippen molar-refractivity contribution in [2.45, 2.75) is 13.8 Å². The summed E-state index contributed by atoms with van der Waals surface area (Å²) < 4.78 is 5.21. The molecule has 0 radical (unpaired) electrons. The molecule has 0 aliphatic heterocycles. The number of carboxylic acids is 1.